The highest BCUT2D eigenvalue weighted by atomic mass is 16.6. The summed E-state index contributed by atoms with van der Waals surface area (Å²) >= 11 is 0. The van der Waals surface area contributed by atoms with Crippen LogP contribution in [0.1, 0.15) is 63.9 Å². The molecule has 2 saturated carbocycles. The first-order valence-electron chi connectivity index (χ1n) is 11.2. The molecule has 2 aliphatic carbocycles. The van der Waals surface area contributed by atoms with Crippen molar-refractivity contribution in [2.75, 3.05) is 6.61 Å². The summed E-state index contributed by atoms with van der Waals surface area (Å²) in [6.07, 6.45) is 10.9. The molecule has 0 aromatic heterocycles. The molecule has 154 valence electrons. The molecule has 5 rings (SSSR count). The molecule has 2 aromatic rings. The van der Waals surface area contributed by atoms with Gasteiger partial charge in [-0.05, 0) is 79.0 Å². The summed E-state index contributed by atoms with van der Waals surface area (Å²) in [5.41, 5.74) is 0.605. The Balaban J connectivity index is 1.25. The van der Waals surface area contributed by atoms with Gasteiger partial charge >= 0.3 is 6.09 Å². The monoisotopic (exact) mass is 393 g/mol. The summed E-state index contributed by atoms with van der Waals surface area (Å²) in [7, 11) is 0. The average molecular weight is 394 g/mol. The summed E-state index contributed by atoms with van der Waals surface area (Å²) in [6.45, 7) is 2.36. The highest BCUT2D eigenvalue weighted by Crippen LogP contribution is 2.40. The average Bonchev–Trinajstić information content (AvgIpc) is 3.39. The lowest BCUT2D eigenvalue weighted by molar-refractivity contribution is 0.111. The number of fused-ring (bicyclic) bond motifs is 1. The SMILES string of the molecule is C[C@@]1(c2ccc3cc(O[C@H]4CC[C@H](C5CCCC5)CC4)ccc3c2)COC(=O)N1. The maximum atomic E-state index is 11.5. The smallest absolute Gasteiger partial charge is 0.408 e. The number of carbonyl (C=O) groups is 1. The van der Waals surface area contributed by atoms with Crippen molar-refractivity contribution in [3.8, 4) is 5.75 Å². The van der Waals surface area contributed by atoms with Crippen LogP contribution in [0.25, 0.3) is 10.8 Å². The van der Waals surface area contributed by atoms with Gasteiger partial charge in [0.25, 0.3) is 0 Å². The Morgan fingerprint density at radius 3 is 2.34 bits per heavy atom. The van der Waals surface area contributed by atoms with Gasteiger partial charge in [0, 0.05) is 0 Å². The molecule has 2 aromatic carbocycles. The Morgan fingerprint density at radius 1 is 0.931 bits per heavy atom. The number of ether oxygens (including phenoxy) is 2. The molecule has 29 heavy (non-hydrogen) atoms. The van der Waals surface area contributed by atoms with E-state index in [2.05, 4.69) is 41.7 Å². The molecule has 3 fully saturated rings. The van der Waals surface area contributed by atoms with Crippen molar-refractivity contribution in [3.05, 3.63) is 42.0 Å². The fourth-order valence-corrected chi connectivity index (χ4v) is 5.60. The molecule has 4 nitrogen and oxygen atoms in total. The van der Waals surface area contributed by atoms with Crippen LogP contribution in [0.2, 0.25) is 0 Å². The Kier molecular flexibility index (Phi) is 4.89. The normalized spacial score (nSPS) is 30.3. The lowest BCUT2D eigenvalue weighted by atomic mass is 9.78. The second-order valence-electron chi connectivity index (χ2n) is 9.46. The summed E-state index contributed by atoms with van der Waals surface area (Å²) in [6, 6.07) is 12.7. The van der Waals surface area contributed by atoms with Crippen LogP contribution in [0.5, 0.6) is 5.75 Å². The largest absolute Gasteiger partial charge is 0.490 e. The van der Waals surface area contributed by atoms with Crippen LogP contribution in [-0.4, -0.2) is 18.8 Å². The first kappa shape index (κ1) is 18.8. The van der Waals surface area contributed by atoms with E-state index in [9.17, 15) is 4.79 Å². The van der Waals surface area contributed by atoms with Crippen LogP contribution in [-0.2, 0) is 10.3 Å². The molecule has 1 amide bonds. The van der Waals surface area contributed by atoms with Gasteiger partial charge in [-0.15, -0.1) is 0 Å². The summed E-state index contributed by atoms with van der Waals surface area (Å²) in [5, 5.41) is 5.24. The molecular formula is C25H31NO3. The topological polar surface area (TPSA) is 47.6 Å². The van der Waals surface area contributed by atoms with E-state index in [-0.39, 0.29) is 6.09 Å². The minimum atomic E-state index is -0.460. The summed E-state index contributed by atoms with van der Waals surface area (Å²) < 4.78 is 11.5. The van der Waals surface area contributed by atoms with E-state index in [1.54, 1.807) is 0 Å². The highest BCUT2D eigenvalue weighted by molar-refractivity contribution is 5.85. The lowest BCUT2D eigenvalue weighted by Crippen LogP contribution is -2.37. The molecule has 4 heteroatoms. The maximum absolute atomic E-state index is 11.5. The van der Waals surface area contributed by atoms with Crippen molar-refractivity contribution in [2.45, 2.75) is 69.9 Å². The Morgan fingerprint density at radius 2 is 1.62 bits per heavy atom. The zero-order chi connectivity index (χ0) is 19.8. The molecule has 3 aliphatic rings. The summed E-state index contributed by atoms with van der Waals surface area (Å²) in [5.74, 6) is 2.90. The predicted octanol–water partition coefficient (Wildman–Crippen LogP) is 5.92. The summed E-state index contributed by atoms with van der Waals surface area (Å²) in [4.78, 5) is 11.5. The van der Waals surface area contributed by atoms with Crippen LogP contribution in [0, 0.1) is 11.8 Å². The molecule has 1 heterocycles. The Labute approximate surface area is 173 Å². The molecule has 1 aliphatic heterocycles. The fourth-order valence-electron chi connectivity index (χ4n) is 5.60. The molecule has 0 unspecified atom stereocenters. The van der Waals surface area contributed by atoms with Gasteiger partial charge in [-0.3, -0.25) is 0 Å². The first-order chi connectivity index (χ1) is 14.1. The quantitative estimate of drug-likeness (QED) is 0.701. The number of carbonyl (C=O) groups excluding carboxylic acids is 1. The van der Waals surface area contributed by atoms with E-state index in [4.69, 9.17) is 9.47 Å². The molecule has 0 radical (unpaired) electrons. The minimum Gasteiger partial charge on any atom is -0.490 e. The van der Waals surface area contributed by atoms with Crippen molar-refractivity contribution in [1.82, 2.24) is 5.32 Å². The van der Waals surface area contributed by atoms with Gasteiger partial charge in [-0.1, -0.05) is 43.9 Å². The standard InChI is InChI=1S/C25H31NO3/c1-25(16-28-24(27)26-25)21-10-6-20-15-23(13-9-19(20)14-21)29-22-11-7-18(8-12-22)17-4-2-3-5-17/h6,9-10,13-15,17-18,22H,2-5,7-8,11-12,16H2,1H3,(H,26,27)/t18-,22-,25-/m0/s1. The van der Waals surface area contributed by atoms with E-state index < -0.39 is 5.54 Å². The van der Waals surface area contributed by atoms with E-state index in [0.717, 1.165) is 28.5 Å². The van der Waals surface area contributed by atoms with E-state index in [0.29, 0.717) is 12.7 Å². The number of hydrogen-bond acceptors (Lipinski definition) is 3. The third-order valence-corrected chi connectivity index (χ3v) is 7.41. The van der Waals surface area contributed by atoms with Crippen molar-refractivity contribution >= 4 is 16.9 Å². The molecule has 1 saturated heterocycles. The molecule has 0 spiro atoms. The van der Waals surface area contributed by atoms with Gasteiger partial charge in [0.2, 0.25) is 0 Å². The molecular weight excluding hydrogens is 362 g/mol. The Bertz CT molecular complexity index is 896. The van der Waals surface area contributed by atoms with Gasteiger partial charge in [-0.25, -0.2) is 4.79 Å². The van der Waals surface area contributed by atoms with Crippen LogP contribution in [0.4, 0.5) is 4.79 Å². The third kappa shape index (κ3) is 3.82. The lowest BCUT2D eigenvalue weighted by Gasteiger charge is -2.32. The Hall–Kier alpha value is -2.23. The number of amides is 1. The van der Waals surface area contributed by atoms with Crippen molar-refractivity contribution in [2.24, 2.45) is 11.8 Å². The zero-order valence-electron chi connectivity index (χ0n) is 17.3. The second kappa shape index (κ2) is 7.55. The van der Waals surface area contributed by atoms with Crippen molar-refractivity contribution in [3.63, 3.8) is 0 Å². The van der Waals surface area contributed by atoms with Gasteiger partial charge in [0.15, 0.2) is 0 Å². The molecule has 0 bridgehead atoms. The predicted molar refractivity (Wildman–Crippen MR) is 114 cm³/mol. The third-order valence-electron chi connectivity index (χ3n) is 7.41. The number of nitrogens with one attached hydrogen (secondary N) is 1. The number of benzene rings is 2. The second-order valence-corrected chi connectivity index (χ2v) is 9.46. The van der Waals surface area contributed by atoms with Crippen LogP contribution in [0.15, 0.2) is 36.4 Å². The van der Waals surface area contributed by atoms with Crippen LogP contribution in [0.3, 0.4) is 0 Å². The fraction of sp³-hybridized carbons (Fsp3) is 0.560. The minimum absolute atomic E-state index is 0.348. The van der Waals surface area contributed by atoms with Gasteiger partial charge < -0.3 is 14.8 Å². The van der Waals surface area contributed by atoms with Crippen molar-refractivity contribution < 1.29 is 14.3 Å². The van der Waals surface area contributed by atoms with Crippen LogP contribution < -0.4 is 10.1 Å². The van der Waals surface area contributed by atoms with E-state index in [1.165, 1.54) is 56.8 Å². The zero-order valence-corrected chi connectivity index (χ0v) is 17.3. The van der Waals surface area contributed by atoms with E-state index in [1.807, 2.05) is 6.92 Å². The number of hydrogen-bond donors (Lipinski definition) is 1. The number of cyclic esters (lactones) is 1. The van der Waals surface area contributed by atoms with Gasteiger partial charge in [-0.2, -0.15) is 0 Å². The van der Waals surface area contributed by atoms with Crippen LogP contribution >= 0.6 is 0 Å². The highest BCUT2D eigenvalue weighted by Gasteiger charge is 2.36. The van der Waals surface area contributed by atoms with Crippen molar-refractivity contribution in [1.29, 1.82) is 0 Å². The maximum Gasteiger partial charge on any atom is 0.408 e. The van der Waals surface area contributed by atoms with Gasteiger partial charge in [0.05, 0.1) is 11.6 Å². The van der Waals surface area contributed by atoms with Gasteiger partial charge in [0.1, 0.15) is 12.4 Å². The number of alkyl carbamates (subject to hydrolysis) is 1. The van der Waals surface area contributed by atoms with E-state index >= 15 is 0 Å². The first-order valence-corrected chi connectivity index (χ1v) is 11.2. The molecule has 1 N–H and O–H groups in total. The molecule has 1 atom stereocenters. The number of rotatable bonds is 4.